The molecule has 2 aromatic carbocycles. The SMILES string of the molecule is CN(C)[C@H]1C(O)C(C(N)=O)C(=O)[C@]2(O)C(=O)C3=C(O)c4c(O)ccc(C#CCc5ccccc5)c4C[C@@H]3C[C@H]12. The summed E-state index contributed by atoms with van der Waals surface area (Å²) in [6, 6.07) is 11.8. The molecule has 9 heteroatoms. The zero-order chi connectivity index (χ0) is 28.2. The van der Waals surface area contributed by atoms with Gasteiger partial charge in [-0.2, -0.15) is 0 Å². The zero-order valence-corrected chi connectivity index (χ0v) is 21.6. The predicted molar refractivity (Wildman–Crippen MR) is 141 cm³/mol. The van der Waals surface area contributed by atoms with Crippen LogP contribution >= 0.6 is 0 Å². The molecule has 5 rings (SSSR count). The van der Waals surface area contributed by atoms with Gasteiger partial charge in [-0.1, -0.05) is 42.2 Å². The Hall–Kier alpha value is -3.97. The minimum Gasteiger partial charge on any atom is -0.507 e. The number of phenolic OH excluding ortho intramolecular Hbond substituents is 1. The van der Waals surface area contributed by atoms with Crippen LogP contribution in [0.1, 0.15) is 28.7 Å². The number of carbonyl (C=O) groups excluding carboxylic acids is 3. The molecule has 2 unspecified atom stereocenters. The summed E-state index contributed by atoms with van der Waals surface area (Å²) in [5.74, 6) is -1.41. The van der Waals surface area contributed by atoms with Crippen molar-refractivity contribution in [3.05, 3.63) is 70.3 Å². The van der Waals surface area contributed by atoms with Gasteiger partial charge in [-0.15, -0.1) is 0 Å². The highest BCUT2D eigenvalue weighted by Gasteiger charge is 2.67. The Morgan fingerprint density at radius 3 is 2.46 bits per heavy atom. The molecule has 0 aliphatic heterocycles. The first-order valence-electron chi connectivity index (χ1n) is 12.7. The number of hydrogen-bond donors (Lipinski definition) is 5. The van der Waals surface area contributed by atoms with E-state index >= 15 is 0 Å². The minimum atomic E-state index is -2.67. The lowest BCUT2D eigenvalue weighted by Gasteiger charge is -2.53. The molecule has 2 aromatic rings. The third kappa shape index (κ3) is 4.03. The van der Waals surface area contributed by atoms with Crippen LogP contribution in [-0.4, -0.2) is 74.6 Å². The van der Waals surface area contributed by atoms with Crippen LogP contribution in [0.25, 0.3) is 5.76 Å². The topological polar surface area (TPSA) is 161 Å². The maximum atomic E-state index is 13.9. The number of aromatic hydroxyl groups is 1. The number of carbonyl (C=O) groups is 3. The van der Waals surface area contributed by atoms with Crippen molar-refractivity contribution in [1.29, 1.82) is 0 Å². The van der Waals surface area contributed by atoms with Gasteiger partial charge in [-0.3, -0.25) is 14.4 Å². The van der Waals surface area contributed by atoms with Gasteiger partial charge >= 0.3 is 0 Å². The Morgan fingerprint density at radius 1 is 1.13 bits per heavy atom. The van der Waals surface area contributed by atoms with Gasteiger partial charge in [0, 0.05) is 29.5 Å². The van der Waals surface area contributed by atoms with E-state index in [0.29, 0.717) is 17.5 Å². The number of amides is 1. The van der Waals surface area contributed by atoms with Crippen LogP contribution in [0.15, 0.2) is 48.0 Å². The molecule has 6 N–H and O–H groups in total. The van der Waals surface area contributed by atoms with Crippen molar-refractivity contribution in [2.24, 2.45) is 23.5 Å². The zero-order valence-electron chi connectivity index (χ0n) is 21.6. The highest BCUT2D eigenvalue weighted by Crippen LogP contribution is 2.52. The smallest absolute Gasteiger partial charge is 0.230 e. The molecule has 0 heterocycles. The van der Waals surface area contributed by atoms with Crippen molar-refractivity contribution in [3.8, 4) is 17.6 Å². The summed E-state index contributed by atoms with van der Waals surface area (Å²) >= 11 is 0. The van der Waals surface area contributed by atoms with Gasteiger partial charge in [-0.05, 0) is 56.1 Å². The van der Waals surface area contributed by atoms with Crippen molar-refractivity contribution >= 4 is 23.2 Å². The molecule has 39 heavy (non-hydrogen) atoms. The standard InChI is InChI=1S/C30H30N2O7/c1-32(2)24-19-14-17-13-18-16(10-6-9-15-7-4-3-5-8-15)11-12-20(33)22(18)25(34)21(17)27(36)30(19,39)28(37)23(26(24)35)29(31)38/h3-5,7-8,11-12,17,19,23-24,26,33-35,39H,9,13-14H2,1-2H3,(H2,31,38)/t17-,19-,23?,24-,26?,30-/m1/s1. The first-order chi connectivity index (χ1) is 18.5. The summed E-state index contributed by atoms with van der Waals surface area (Å²) in [5.41, 5.74) is 4.74. The van der Waals surface area contributed by atoms with Gasteiger partial charge in [-0.25, -0.2) is 0 Å². The molecule has 1 amide bonds. The van der Waals surface area contributed by atoms with Crippen molar-refractivity contribution in [3.63, 3.8) is 0 Å². The highest BCUT2D eigenvalue weighted by atomic mass is 16.3. The van der Waals surface area contributed by atoms with Crippen LogP contribution < -0.4 is 5.73 Å². The number of hydrogen-bond acceptors (Lipinski definition) is 8. The lowest BCUT2D eigenvalue weighted by molar-refractivity contribution is -0.184. The van der Waals surface area contributed by atoms with Crippen LogP contribution in [0.5, 0.6) is 5.75 Å². The molecule has 202 valence electrons. The molecule has 2 saturated carbocycles. The normalized spacial score (nSPS) is 29.7. The molecule has 6 atom stereocenters. The van der Waals surface area contributed by atoms with Crippen LogP contribution in [-0.2, 0) is 27.2 Å². The van der Waals surface area contributed by atoms with Gasteiger partial charge in [0.2, 0.25) is 11.7 Å². The van der Waals surface area contributed by atoms with Gasteiger partial charge in [0.05, 0.1) is 11.7 Å². The molecule has 3 aliphatic carbocycles. The second kappa shape index (κ2) is 9.65. The van der Waals surface area contributed by atoms with Crippen LogP contribution in [0.4, 0.5) is 0 Å². The second-order valence-electron chi connectivity index (χ2n) is 10.7. The van der Waals surface area contributed by atoms with Crippen molar-refractivity contribution in [1.82, 2.24) is 4.90 Å². The van der Waals surface area contributed by atoms with E-state index in [9.17, 15) is 34.8 Å². The fourth-order valence-electron chi connectivity index (χ4n) is 6.56. The lowest BCUT2D eigenvalue weighted by Crippen LogP contribution is -2.73. The third-order valence-corrected chi connectivity index (χ3v) is 8.33. The molecule has 0 bridgehead atoms. The fraction of sp³-hybridized carbons (Fsp3) is 0.367. The number of fused-ring (bicyclic) bond motifs is 3. The van der Waals surface area contributed by atoms with Gasteiger partial charge in [0.15, 0.2) is 11.4 Å². The Kier molecular flexibility index (Phi) is 6.59. The van der Waals surface area contributed by atoms with Crippen molar-refractivity contribution in [2.45, 2.75) is 37.0 Å². The molecular formula is C30H30N2O7. The molecular weight excluding hydrogens is 500 g/mol. The van der Waals surface area contributed by atoms with E-state index in [-0.39, 0.29) is 29.7 Å². The Bertz CT molecular complexity index is 1470. The quantitative estimate of drug-likeness (QED) is 0.287. The number of primary amides is 1. The fourth-order valence-corrected chi connectivity index (χ4v) is 6.56. The van der Waals surface area contributed by atoms with E-state index in [2.05, 4.69) is 11.8 Å². The number of nitrogens with two attached hydrogens (primary N) is 1. The average Bonchev–Trinajstić information content (AvgIpc) is 2.87. The van der Waals surface area contributed by atoms with Crippen LogP contribution in [0.2, 0.25) is 0 Å². The third-order valence-electron chi connectivity index (χ3n) is 8.33. The first kappa shape index (κ1) is 26.6. The summed E-state index contributed by atoms with van der Waals surface area (Å²) in [6.07, 6.45) is -0.765. The molecule has 9 nitrogen and oxygen atoms in total. The number of likely N-dealkylation sites (N-methyl/N-ethyl adjacent to an activating group) is 1. The van der Waals surface area contributed by atoms with E-state index in [4.69, 9.17) is 5.73 Å². The first-order valence-corrected chi connectivity index (χ1v) is 12.7. The Balaban J connectivity index is 1.61. The molecule has 3 aliphatic rings. The largest absolute Gasteiger partial charge is 0.507 e. The number of phenols is 1. The highest BCUT2D eigenvalue weighted by molar-refractivity contribution is 6.25. The van der Waals surface area contributed by atoms with Gasteiger partial charge in [0.25, 0.3) is 0 Å². The monoisotopic (exact) mass is 530 g/mol. The number of aliphatic hydroxyl groups excluding tert-OH is 2. The molecule has 0 aromatic heterocycles. The van der Waals surface area contributed by atoms with Gasteiger partial charge in [0.1, 0.15) is 17.4 Å². The predicted octanol–water partition coefficient (Wildman–Crippen LogP) is 0.723. The lowest BCUT2D eigenvalue weighted by atomic mass is 9.54. The second-order valence-corrected chi connectivity index (χ2v) is 10.7. The molecule has 0 saturated heterocycles. The van der Waals surface area contributed by atoms with Crippen molar-refractivity contribution in [2.75, 3.05) is 14.1 Å². The summed E-state index contributed by atoms with van der Waals surface area (Å²) in [4.78, 5) is 40.9. The number of Topliss-reactive ketones (excluding diaryl/α,β-unsaturated/α-hetero) is 2. The summed E-state index contributed by atoms with van der Waals surface area (Å²) < 4.78 is 0. The number of rotatable bonds is 3. The summed E-state index contributed by atoms with van der Waals surface area (Å²) in [7, 11) is 3.23. The summed E-state index contributed by atoms with van der Waals surface area (Å²) in [6.45, 7) is 0. The van der Waals surface area contributed by atoms with E-state index in [0.717, 1.165) is 5.56 Å². The molecule has 0 radical (unpaired) electrons. The van der Waals surface area contributed by atoms with Crippen LogP contribution in [0.3, 0.4) is 0 Å². The van der Waals surface area contributed by atoms with E-state index in [1.165, 1.54) is 6.07 Å². The minimum absolute atomic E-state index is 0.0297. The van der Waals surface area contributed by atoms with Gasteiger partial charge < -0.3 is 31.1 Å². The van der Waals surface area contributed by atoms with Crippen LogP contribution in [0, 0.1) is 29.6 Å². The Labute approximate surface area is 225 Å². The van der Waals surface area contributed by atoms with E-state index in [1.54, 1.807) is 25.1 Å². The van der Waals surface area contributed by atoms with E-state index in [1.807, 2.05) is 30.3 Å². The number of nitrogens with zero attached hydrogens (tertiary/aromatic N) is 1. The molecule has 2 fully saturated rings. The number of benzene rings is 2. The maximum Gasteiger partial charge on any atom is 0.230 e. The number of aliphatic hydroxyl groups is 3. The molecule has 0 spiro atoms. The maximum absolute atomic E-state index is 13.9. The average molecular weight is 531 g/mol. The van der Waals surface area contributed by atoms with Crippen molar-refractivity contribution < 1.29 is 34.8 Å². The van der Waals surface area contributed by atoms with E-state index < -0.39 is 58.7 Å². The summed E-state index contributed by atoms with van der Waals surface area (Å²) in [5, 5.41) is 44.6. The number of ketones is 2. The Morgan fingerprint density at radius 2 is 1.82 bits per heavy atom.